The summed E-state index contributed by atoms with van der Waals surface area (Å²) in [5.74, 6) is 0.403. The molecule has 3 aliphatic rings. The van der Waals surface area contributed by atoms with Gasteiger partial charge in [0.2, 0.25) is 11.8 Å². The zero-order chi connectivity index (χ0) is 19.4. The van der Waals surface area contributed by atoms with Crippen molar-refractivity contribution >= 4 is 21.7 Å². The highest BCUT2D eigenvalue weighted by molar-refractivity contribution is 7.91. The minimum absolute atomic E-state index is 0.00868. The van der Waals surface area contributed by atoms with Crippen LogP contribution in [0.25, 0.3) is 0 Å². The van der Waals surface area contributed by atoms with Gasteiger partial charge in [-0.05, 0) is 19.3 Å². The number of hydrogen-bond acceptors (Lipinski definition) is 6. The van der Waals surface area contributed by atoms with Crippen molar-refractivity contribution in [2.45, 2.75) is 44.2 Å². The Kier molecular flexibility index (Phi) is 6.75. The van der Waals surface area contributed by atoms with E-state index in [9.17, 15) is 18.0 Å². The van der Waals surface area contributed by atoms with Crippen molar-refractivity contribution in [2.75, 3.05) is 57.8 Å². The van der Waals surface area contributed by atoms with Crippen LogP contribution >= 0.6 is 0 Å². The fourth-order valence-electron chi connectivity index (χ4n) is 4.54. The summed E-state index contributed by atoms with van der Waals surface area (Å²) in [6.45, 7) is 3.78. The lowest BCUT2D eigenvalue weighted by atomic mass is 10.1. The van der Waals surface area contributed by atoms with E-state index in [1.54, 1.807) is 7.05 Å². The maximum atomic E-state index is 13.1. The summed E-state index contributed by atoms with van der Waals surface area (Å²) < 4.78 is 23.9. The van der Waals surface area contributed by atoms with Crippen LogP contribution in [-0.2, 0) is 19.4 Å². The maximum Gasteiger partial charge on any atom is 0.237 e. The first-order valence-corrected chi connectivity index (χ1v) is 11.9. The summed E-state index contributed by atoms with van der Waals surface area (Å²) in [4.78, 5) is 30.8. The van der Waals surface area contributed by atoms with E-state index < -0.39 is 9.84 Å². The number of sulfone groups is 1. The minimum atomic E-state index is -3.01. The predicted octanol–water partition coefficient (Wildman–Crippen LogP) is -0.692. The molecule has 2 amide bonds. The molecule has 0 spiro atoms. The zero-order valence-electron chi connectivity index (χ0n) is 16.2. The van der Waals surface area contributed by atoms with Crippen LogP contribution in [0.4, 0.5) is 0 Å². The van der Waals surface area contributed by atoms with E-state index in [1.807, 2.05) is 4.90 Å². The van der Waals surface area contributed by atoms with Gasteiger partial charge in [-0.2, -0.15) is 0 Å². The quantitative estimate of drug-likeness (QED) is 0.635. The van der Waals surface area contributed by atoms with Gasteiger partial charge in [-0.15, -0.1) is 0 Å². The number of piperazine rings is 1. The van der Waals surface area contributed by atoms with Gasteiger partial charge in [0.15, 0.2) is 9.84 Å². The smallest absolute Gasteiger partial charge is 0.237 e. The van der Waals surface area contributed by atoms with E-state index >= 15 is 0 Å². The van der Waals surface area contributed by atoms with E-state index in [-0.39, 0.29) is 35.4 Å². The number of likely N-dealkylation sites (N-methyl/N-ethyl adjacent to an activating group) is 1. The molecule has 0 aromatic heterocycles. The van der Waals surface area contributed by atoms with E-state index in [1.165, 1.54) is 0 Å². The van der Waals surface area contributed by atoms with Crippen LogP contribution in [0.5, 0.6) is 0 Å². The van der Waals surface area contributed by atoms with Gasteiger partial charge in [0, 0.05) is 45.3 Å². The second kappa shape index (κ2) is 8.87. The number of carbonyl (C=O) groups is 2. The van der Waals surface area contributed by atoms with Crippen LogP contribution in [-0.4, -0.2) is 105 Å². The van der Waals surface area contributed by atoms with Crippen LogP contribution in [0.15, 0.2) is 0 Å². The molecule has 27 heavy (non-hydrogen) atoms. The molecule has 3 rings (SSSR count). The average Bonchev–Trinajstić information content (AvgIpc) is 3.27. The van der Waals surface area contributed by atoms with E-state index in [2.05, 4.69) is 15.1 Å². The number of rotatable bonds is 6. The standard InChI is InChI=1S/C18H32N4O4S/c1-19-17(23)12-20-7-9-21(10-8-20)13-18(24)22(15-4-2-3-5-15)16-6-11-27(25,26)14-16/h15-16H,2-14H2,1H3,(H,19,23). The summed E-state index contributed by atoms with van der Waals surface area (Å²) in [6.07, 6.45) is 4.78. The second-order valence-corrected chi connectivity index (χ2v) is 10.3. The van der Waals surface area contributed by atoms with Crippen molar-refractivity contribution in [3.05, 3.63) is 0 Å². The topological polar surface area (TPSA) is 90.0 Å². The molecule has 9 heteroatoms. The first-order chi connectivity index (χ1) is 12.9. The lowest BCUT2D eigenvalue weighted by Gasteiger charge is -2.38. The van der Waals surface area contributed by atoms with Gasteiger partial charge in [-0.3, -0.25) is 19.4 Å². The molecule has 1 aliphatic carbocycles. The molecular formula is C18H32N4O4S. The first kappa shape index (κ1) is 20.5. The van der Waals surface area contributed by atoms with Crippen LogP contribution in [0.1, 0.15) is 32.1 Å². The molecule has 0 aromatic rings. The van der Waals surface area contributed by atoms with Crippen molar-refractivity contribution in [2.24, 2.45) is 0 Å². The van der Waals surface area contributed by atoms with Crippen LogP contribution in [0.2, 0.25) is 0 Å². The van der Waals surface area contributed by atoms with Gasteiger partial charge in [-0.1, -0.05) is 12.8 Å². The van der Waals surface area contributed by atoms with E-state index in [0.717, 1.165) is 51.9 Å². The molecule has 8 nitrogen and oxygen atoms in total. The summed E-state index contributed by atoms with van der Waals surface area (Å²) in [6, 6.07) is 0.0467. The number of carbonyl (C=O) groups excluding carboxylic acids is 2. The predicted molar refractivity (Wildman–Crippen MR) is 103 cm³/mol. The van der Waals surface area contributed by atoms with Crippen molar-refractivity contribution in [1.82, 2.24) is 20.0 Å². The molecule has 0 aromatic carbocycles. The Bertz CT molecular complexity index is 640. The Balaban J connectivity index is 1.56. The Hall–Kier alpha value is -1.19. The third kappa shape index (κ3) is 5.42. The lowest BCUT2D eigenvalue weighted by molar-refractivity contribution is -0.137. The summed E-state index contributed by atoms with van der Waals surface area (Å²) in [7, 11) is -1.37. The molecule has 0 bridgehead atoms. The van der Waals surface area contributed by atoms with Crippen LogP contribution in [0, 0.1) is 0 Å². The van der Waals surface area contributed by atoms with Crippen LogP contribution < -0.4 is 5.32 Å². The monoisotopic (exact) mass is 400 g/mol. The Morgan fingerprint density at radius 3 is 2.07 bits per heavy atom. The van der Waals surface area contributed by atoms with Gasteiger partial charge < -0.3 is 10.2 Å². The van der Waals surface area contributed by atoms with E-state index in [4.69, 9.17) is 0 Å². The minimum Gasteiger partial charge on any atom is -0.358 e. The summed E-state index contributed by atoms with van der Waals surface area (Å²) in [5.41, 5.74) is 0. The molecule has 1 saturated carbocycles. The van der Waals surface area contributed by atoms with Gasteiger partial charge in [0.25, 0.3) is 0 Å². The normalized spacial score (nSPS) is 26.9. The molecule has 2 heterocycles. The Morgan fingerprint density at radius 1 is 0.963 bits per heavy atom. The molecule has 1 N–H and O–H groups in total. The van der Waals surface area contributed by atoms with Gasteiger partial charge >= 0.3 is 0 Å². The number of hydrogen-bond donors (Lipinski definition) is 1. The maximum absolute atomic E-state index is 13.1. The SMILES string of the molecule is CNC(=O)CN1CCN(CC(=O)N(C2CCCC2)C2CCS(=O)(=O)C2)CC1. The number of amides is 2. The molecule has 154 valence electrons. The summed E-state index contributed by atoms with van der Waals surface area (Å²) in [5, 5.41) is 2.64. The highest BCUT2D eigenvalue weighted by atomic mass is 32.2. The lowest BCUT2D eigenvalue weighted by Crippen LogP contribution is -2.54. The van der Waals surface area contributed by atoms with Crippen molar-refractivity contribution in [3.63, 3.8) is 0 Å². The third-order valence-electron chi connectivity index (χ3n) is 6.08. The first-order valence-electron chi connectivity index (χ1n) is 10.0. The number of nitrogens with one attached hydrogen (secondary N) is 1. The fourth-order valence-corrected chi connectivity index (χ4v) is 6.25. The van der Waals surface area contributed by atoms with Gasteiger partial charge in [0.1, 0.15) is 0 Å². The second-order valence-electron chi connectivity index (χ2n) is 8.02. The third-order valence-corrected chi connectivity index (χ3v) is 7.83. The molecule has 2 saturated heterocycles. The van der Waals surface area contributed by atoms with Crippen LogP contribution in [0.3, 0.4) is 0 Å². The largest absolute Gasteiger partial charge is 0.358 e. The van der Waals surface area contributed by atoms with Crippen molar-refractivity contribution in [3.8, 4) is 0 Å². The number of nitrogens with zero attached hydrogens (tertiary/aromatic N) is 3. The highest BCUT2D eigenvalue weighted by Gasteiger charge is 2.39. The summed E-state index contributed by atoms with van der Waals surface area (Å²) >= 11 is 0. The molecule has 0 radical (unpaired) electrons. The Labute approximate surface area is 162 Å². The van der Waals surface area contributed by atoms with Crippen molar-refractivity contribution < 1.29 is 18.0 Å². The van der Waals surface area contributed by atoms with Gasteiger partial charge in [0.05, 0.1) is 24.6 Å². The molecular weight excluding hydrogens is 368 g/mol. The molecule has 1 atom stereocenters. The molecule has 2 aliphatic heterocycles. The van der Waals surface area contributed by atoms with Gasteiger partial charge in [-0.25, -0.2) is 8.42 Å². The molecule has 3 fully saturated rings. The van der Waals surface area contributed by atoms with Crippen molar-refractivity contribution in [1.29, 1.82) is 0 Å². The molecule has 1 unspecified atom stereocenters. The zero-order valence-corrected chi connectivity index (χ0v) is 17.0. The highest BCUT2D eigenvalue weighted by Crippen LogP contribution is 2.29. The fraction of sp³-hybridized carbons (Fsp3) is 0.889. The van der Waals surface area contributed by atoms with E-state index in [0.29, 0.717) is 19.5 Å². The Morgan fingerprint density at radius 2 is 1.56 bits per heavy atom. The average molecular weight is 401 g/mol.